The largest absolute Gasteiger partial charge is 0.346 e. The maximum absolute atomic E-state index is 5.16. The first-order valence-corrected chi connectivity index (χ1v) is 4.65. The molecule has 0 aromatic carbocycles. The highest BCUT2D eigenvalue weighted by Gasteiger charge is 2.05. The lowest BCUT2D eigenvalue weighted by molar-refractivity contribution is 0.613. The van der Waals surface area contributed by atoms with Gasteiger partial charge >= 0.3 is 0 Å². The maximum atomic E-state index is 5.16. The van der Waals surface area contributed by atoms with Crippen LogP contribution in [0.5, 0.6) is 0 Å². The molecule has 0 amide bonds. The molecule has 4 heteroatoms. The Bertz CT molecular complexity index is 481. The molecule has 0 saturated carbocycles. The molecule has 13 heavy (non-hydrogen) atoms. The van der Waals surface area contributed by atoms with E-state index in [1.165, 1.54) is 0 Å². The van der Waals surface area contributed by atoms with E-state index in [1.807, 2.05) is 18.6 Å². The van der Waals surface area contributed by atoms with E-state index in [0.717, 1.165) is 15.7 Å². The zero-order valence-electron chi connectivity index (χ0n) is 7.61. The van der Waals surface area contributed by atoms with Crippen molar-refractivity contribution in [2.75, 3.05) is 0 Å². The van der Waals surface area contributed by atoms with Gasteiger partial charge in [-0.3, -0.25) is 0 Å². The van der Waals surface area contributed by atoms with E-state index in [2.05, 4.69) is 28.4 Å². The number of imidazole rings is 1. The Hall–Kier alpha value is -1.16. The van der Waals surface area contributed by atoms with Crippen LogP contribution in [0.1, 0.15) is 19.9 Å². The summed E-state index contributed by atoms with van der Waals surface area (Å²) in [5.41, 5.74) is 1.88. The molecule has 2 aromatic rings. The zero-order valence-corrected chi connectivity index (χ0v) is 8.43. The van der Waals surface area contributed by atoms with E-state index in [1.54, 1.807) is 0 Å². The van der Waals surface area contributed by atoms with Gasteiger partial charge in [-0.1, -0.05) is 12.2 Å². The lowest BCUT2D eigenvalue weighted by atomic mass is 10.4. The predicted molar refractivity (Wildman–Crippen MR) is 55.3 cm³/mol. The molecule has 2 aromatic heterocycles. The molecule has 1 N–H and O–H groups in total. The number of H-pyrrole nitrogens is 1. The van der Waals surface area contributed by atoms with Crippen molar-refractivity contribution in [1.82, 2.24) is 14.5 Å². The van der Waals surface area contributed by atoms with Gasteiger partial charge in [-0.2, -0.15) is 0 Å². The monoisotopic (exact) mass is 193 g/mol. The van der Waals surface area contributed by atoms with Gasteiger partial charge in [-0.25, -0.2) is 4.98 Å². The van der Waals surface area contributed by atoms with Crippen LogP contribution in [0.2, 0.25) is 0 Å². The lowest BCUT2D eigenvalue weighted by Crippen LogP contribution is -1.99. The summed E-state index contributed by atoms with van der Waals surface area (Å²) in [4.78, 5) is 7.42. The third-order valence-corrected chi connectivity index (χ3v) is 2.37. The molecule has 0 saturated heterocycles. The van der Waals surface area contributed by atoms with Gasteiger partial charge in [0.2, 0.25) is 0 Å². The van der Waals surface area contributed by atoms with Crippen LogP contribution in [-0.2, 0) is 0 Å². The minimum absolute atomic E-state index is 0.401. The molecular formula is C9H11N3S. The molecule has 0 unspecified atom stereocenters. The number of fused-ring (bicyclic) bond motifs is 1. The van der Waals surface area contributed by atoms with Crippen molar-refractivity contribution in [3.63, 3.8) is 0 Å². The number of hydrogen-bond acceptors (Lipinski definition) is 2. The van der Waals surface area contributed by atoms with Crippen LogP contribution in [0.15, 0.2) is 18.6 Å². The fraction of sp³-hybridized carbons (Fsp3) is 0.333. The van der Waals surface area contributed by atoms with Crippen molar-refractivity contribution in [2.24, 2.45) is 0 Å². The first-order chi connectivity index (χ1) is 6.20. The van der Waals surface area contributed by atoms with E-state index in [9.17, 15) is 0 Å². The highest BCUT2D eigenvalue weighted by molar-refractivity contribution is 7.71. The fourth-order valence-electron chi connectivity index (χ4n) is 1.35. The number of nitrogens with one attached hydrogen (secondary N) is 1. The zero-order chi connectivity index (χ0) is 9.42. The highest BCUT2D eigenvalue weighted by Crippen LogP contribution is 2.15. The molecule has 2 heterocycles. The molecular weight excluding hydrogens is 182 g/mol. The van der Waals surface area contributed by atoms with Gasteiger partial charge in [0, 0.05) is 12.2 Å². The molecule has 0 radical (unpaired) electrons. The normalized spacial score (nSPS) is 11.3. The SMILES string of the molecule is CC(C)n1cnc2c(=S)cc[nH]c21. The Labute approximate surface area is 81.4 Å². The molecule has 0 fully saturated rings. The first kappa shape index (κ1) is 8.44. The summed E-state index contributed by atoms with van der Waals surface area (Å²) in [6.07, 6.45) is 3.67. The number of nitrogens with zero attached hydrogens (tertiary/aromatic N) is 2. The number of aromatic nitrogens is 3. The van der Waals surface area contributed by atoms with Gasteiger partial charge < -0.3 is 9.55 Å². The third kappa shape index (κ3) is 1.27. The first-order valence-electron chi connectivity index (χ1n) is 4.24. The Kier molecular flexibility index (Phi) is 1.92. The van der Waals surface area contributed by atoms with E-state index in [0.29, 0.717) is 6.04 Å². The molecule has 3 nitrogen and oxygen atoms in total. The molecule has 0 aliphatic heterocycles. The van der Waals surface area contributed by atoms with Gasteiger partial charge in [-0.15, -0.1) is 0 Å². The van der Waals surface area contributed by atoms with Gasteiger partial charge in [0.15, 0.2) is 0 Å². The molecule has 2 rings (SSSR count). The van der Waals surface area contributed by atoms with Crippen molar-refractivity contribution in [2.45, 2.75) is 19.9 Å². The summed E-state index contributed by atoms with van der Waals surface area (Å²) in [5, 5.41) is 0. The molecule has 0 atom stereocenters. The van der Waals surface area contributed by atoms with Crippen molar-refractivity contribution in [3.05, 3.63) is 23.1 Å². The summed E-state index contributed by atoms with van der Waals surface area (Å²) in [5.74, 6) is 0. The van der Waals surface area contributed by atoms with Crippen molar-refractivity contribution < 1.29 is 0 Å². The van der Waals surface area contributed by atoms with Crippen molar-refractivity contribution in [3.8, 4) is 0 Å². The molecule has 0 aliphatic carbocycles. The second kappa shape index (κ2) is 2.96. The van der Waals surface area contributed by atoms with E-state index < -0.39 is 0 Å². The van der Waals surface area contributed by atoms with Crippen molar-refractivity contribution in [1.29, 1.82) is 0 Å². The lowest BCUT2D eigenvalue weighted by Gasteiger charge is -2.06. The number of hydrogen-bond donors (Lipinski definition) is 1. The second-order valence-corrected chi connectivity index (χ2v) is 3.72. The van der Waals surface area contributed by atoms with E-state index in [4.69, 9.17) is 12.2 Å². The fourth-order valence-corrected chi connectivity index (χ4v) is 1.57. The van der Waals surface area contributed by atoms with Crippen LogP contribution in [0, 0.1) is 4.51 Å². The highest BCUT2D eigenvalue weighted by atomic mass is 32.1. The summed E-state index contributed by atoms with van der Waals surface area (Å²) in [6.45, 7) is 4.23. The predicted octanol–water partition coefficient (Wildman–Crippen LogP) is 2.67. The summed E-state index contributed by atoms with van der Waals surface area (Å²) < 4.78 is 2.87. The Balaban J connectivity index is 2.83. The number of aromatic amines is 1. The van der Waals surface area contributed by atoms with Crippen LogP contribution in [-0.4, -0.2) is 14.5 Å². The minimum atomic E-state index is 0.401. The molecule has 68 valence electrons. The molecule has 0 spiro atoms. The average molecular weight is 193 g/mol. The van der Waals surface area contributed by atoms with Gasteiger partial charge in [-0.05, 0) is 19.9 Å². The summed E-state index contributed by atoms with van der Waals surface area (Å²) in [7, 11) is 0. The summed E-state index contributed by atoms with van der Waals surface area (Å²) >= 11 is 5.16. The van der Waals surface area contributed by atoms with Crippen molar-refractivity contribution >= 4 is 23.4 Å². The average Bonchev–Trinajstić information content (AvgIpc) is 2.48. The third-order valence-electron chi connectivity index (χ3n) is 2.04. The topological polar surface area (TPSA) is 33.6 Å². The van der Waals surface area contributed by atoms with Crippen LogP contribution in [0.4, 0.5) is 0 Å². The minimum Gasteiger partial charge on any atom is -0.346 e. The molecule has 0 aliphatic rings. The van der Waals surface area contributed by atoms with Crippen LogP contribution < -0.4 is 0 Å². The Morgan fingerprint density at radius 1 is 1.54 bits per heavy atom. The van der Waals surface area contributed by atoms with Crippen LogP contribution >= 0.6 is 12.2 Å². The van der Waals surface area contributed by atoms with Crippen LogP contribution in [0.25, 0.3) is 11.2 Å². The van der Waals surface area contributed by atoms with Gasteiger partial charge in [0.25, 0.3) is 0 Å². The quantitative estimate of drug-likeness (QED) is 0.706. The Morgan fingerprint density at radius 3 is 3.00 bits per heavy atom. The Morgan fingerprint density at radius 2 is 2.31 bits per heavy atom. The summed E-state index contributed by atoms with van der Waals surface area (Å²) in [6, 6.07) is 2.26. The number of rotatable bonds is 1. The van der Waals surface area contributed by atoms with E-state index >= 15 is 0 Å². The van der Waals surface area contributed by atoms with Gasteiger partial charge in [0.05, 0.1) is 10.8 Å². The smallest absolute Gasteiger partial charge is 0.139 e. The van der Waals surface area contributed by atoms with Gasteiger partial charge in [0.1, 0.15) is 11.2 Å². The van der Waals surface area contributed by atoms with Crippen LogP contribution in [0.3, 0.4) is 0 Å². The number of pyridine rings is 1. The second-order valence-electron chi connectivity index (χ2n) is 3.28. The maximum Gasteiger partial charge on any atom is 0.139 e. The standard InChI is InChI=1S/C9H11N3S/c1-6(2)12-5-11-8-7(13)3-4-10-9(8)12/h3-6H,1-2H3,(H,10,13). The molecule has 0 bridgehead atoms. The van der Waals surface area contributed by atoms with E-state index in [-0.39, 0.29) is 0 Å².